The molecule has 5 nitrogen and oxygen atoms in total. The largest absolute Gasteiger partial charge is 0.495 e. The Labute approximate surface area is 188 Å². The highest BCUT2D eigenvalue weighted by atomic mass is 32.1. The van der Waals surface area contributed by atoms with Crippen LogP contribution in [0.4, 0.5) is 18.9 Å². The monoisotopic (exact) mass is 461 g/mol. The molecule has 1 aliphatic rings. The van der Waals surface area contributed by atoms with Crippen LogP contribution in [0.5, 0.6) is 5.75 Å². The molecule has 0 radical (unpaired) electrons. The molecule has 1 aromatic heterocycles. The van der Waals surface area contributed by atoms with Crippen molar-refractivity contribution in [1.82, 2.24) is 9.88 Å². The molecule has 0 spiro atoms. The molecule has 2 heterocycles. The van der Waals surface area contributed by atoms with Gasteiger partial charge < -0.3 is 14.5 Å². The molecule has 3 aromatic rings. The van der Waals surface area contributed by atoms with E-state index in [-0.39, 0.29) is 12.3 Å². The summed E-state index contributed by atoms with van der Waals surface area (Å²) in [6, 6.07) is 12.7. The molecule has 0 aliphatic carbocycles. The summed E-state index contributed by atoms with van der Waals surface area (Å²) in [5.74, 6) is 0.805. The lowest BCUT2D eigenvalue weighted by molar-refractivity contribution is -0.137. The van der Waals surface area contributed by atoms with Gasteiger partial charge in [0.25, 0.3) is 0 Å². The standard InChI is InChI=1S/C23H22F3N3O2S/c1-31-20-5-3-2-4-19(20)28-10-12-29(13-11-28)21(30)14-18-15-32-22(27-18)16-6-8-17(9-7-16)23(24,25)26/h2-9,15H,10-14H2,1H3. The van der Waals surface area contributed by atoms with Crippen LogP contribution in [-0.2, 0) is 17.4 Å². The molecule has 1 saturated heterocycles. The van der Waals surface area contributed by atoms with E-state index in [1.807, 2.05) is 29.2 Å². The van der Waals surface area contributed by atoms with Gasteiger partial charge in [-0.15, -0.1) is 11.3 Å². The normalized spacial score (nSPS) is 14.5. The van der Waals surface area contributed by atoms with Crippen molar-refractivity contribution >= 4 is 22.9 Å². The summed E-state index contributed by atoms with van der Waals surface area (Å²) in [5, 5.41) is 2.39. The molecule has 1 aliphatic heterocycles. The molecule has 9 heteroatoms. The Kier molecular flexibility index (Phi) is 6.36. The van der Waals surface area contributed by atoms with Gasteiger partial charge in [0.1, 0.15) is 10.8 Å². The quantitative estimate of drug-likeness (QED) is 0.551. The number of alkyl halides is 3. The molecule has 1 amide bonds. The number of halogens is 3. The first-order valence-electron chi connectivity index (χ1n) is 10.1. The van der Waals surface area contributed by atoms with Gasteiger partial charge in [0, 0.05) is 37.1 Å². The minimum atomic E-state index is -4.37. The van der Waals surface area contributed by atoms with Crippen LogP contribution in [0, 0.1) is 0 Å². The number of carbonyl (C=O) groups is 1. The number of thiazole rings is 1. The van der Waals surface area contributed by atoms with Crippen molar-refractivity contribution in [3.05, 3.63) is 65.2 Å². The van der Waals surface area contributed by atoms with Crippen LogP contribution < -0.4 is 9.64 Å². The number of hydrogen-bond acceptors (Lipinski definition) is 5. The Balaban J connectivity index is 1.35. The fourth-order valence-electron chi connectivity index (χ4n) is 3.68. The average molecular weight is 462 g/mol. The fourth-order valence-corrected chi connectivity index (χ4v) is 4.50. The van der Waals surface area contributed by atoms with E-state index in [0.717, 1.165) is 23.6 Å². The number of anilines is 1. The first-order chi connectivity index (χ1) is 15.3. The number of carbonyl (C=O) groups excluding carboxylic acids is 1. The maximum Gasteiger partial charge on any atom is 0.416 e. The molecule has 0 bridgehead atoms. The summed E-state index contributed by atoms with van der Waals surface area (Å²) in [6.07, 6.45) is -4.19. The van der Waals surface area contributed by atoms with E-state index in [1.165, 1.54) is 23.5 Å². The van der Waals surface area contributed by atoms with Crippen molar-refractivity contribution in [3.8, 4) is 16.3 Å². The van der Waals surface area contributed by atoms with E-state index in [9.17, 15) is 18.0 Å². The third-order valence-electron chi connectivity index (χ3n) is 5.40. The molecule has 0 unspecified atom stereocenters. The number of rotatable bonds is 5. The van der Waals surface area contributed by atoms with E-state index in [1.54, 1.807) is 12.5 Å². The van der Waals surface area contributed by atoms with Crippen LogP contribution in [0.25, 0.3) is 10.6 Å². The van der Waals surface area contributed by atoms with Gasteiger partial charge in [0.15, 0.2) is 0 Å². The number of para-hydroxylation sites is 2. The highest BCUT2D eigenvalue weighted by Crippen LogP contribution is 2.32. The second-order valence-electron chi connectivity index (χ2n) is 7.44. The predicted octanol–water partition coefficient (Wildman–Crippen LogP) is 4.73. The zero-order valence-electron chi connectivity index (χ0n) is 17.4. The molecular weight excluding hydrogens is 439 g/mol. The first kappa shape index (κ1) is 22.1. The van der Waals surface area contributed by atoms with Gasteiger partial charge in [-0.3, -0.25) is 4.79 Å². The third-order valence-corrected chi connectivity index (χ3v) is 6.34. The number of methoxy groups -OCH3 is 1. The molecular formula is C23H22F3N3O2S. The third kappa shape index (κ3) is 4.88. The highest BCUT2D eigenvalue weighted by Gasteiger charge is 2.30. The van der Waals surface area contributed by atoms with Gasteiger partial charge >= 0.3 is 6.18 Å². The van der Waals surface area contributed by atoms with Gasteiger partial charge in [-0.05, 0) is 24.3 Å². The van der Waals surface area contributed by atoms with Crippen LogP contribution in [0.2, 0.25) is 0 Å². The van der Waals surface area contributed by atoms with E-state index in [0.29, 0.717) is 42.4 Å². The molecule has 32 heavy (non-hydrogen) atoms. The van der Waals surface area contributed by atoms with Crippen molar-refractivity contribution in [2.45, 2.75) is 12.6 Å². The Hall–Kier alpha value is -3.07. The smallest absolute Gasteiger partial charge is 0.416 e. The summed E-state index contributed by atoms with van der Waals surface area (Å²) in [7, 11) is 1.64. The Bertz CT molecular complexity index is 1070. The van der Waals surface area contributed by atoms with E-state index in [4.69, 9.17) is 4.74 Å². The maximum absolute atomic E-state index is 12.8. The molecule has 168 valence electrons. The lowest BCUT2D eigenvalue weighted by atomic mass is 10.1. The Morgan fingerprint density at radius 1 is 1.06 bits per heavy atom. The van der Waals surface area contributed by atoms with Crippen molar-refractivity contribution in [2.75, 3.05) is 38.2 Å². The molecule has 0 saturated carbocycles. The van der Waals surface area contributed by atoms with Crippen molar-refractivity contribution < 1.29 is 22.7 Å². The van der Waals surface area contributed by atoms with Crippen LogP contribution in [0.1, 0.15) is 11.3 Å². The van der Waals surface area contributed by atoms with Crippen LogP contribution in [0.3, 0.4) is 0 Å². The molecule has 2 aromatic carbocycles. The number of benzene rings is 2. The number of piperazine rings is 1. The van der Waals surface area contributed by atoms with Crippen molar-refractivity contribution in [2.24, 2.45) is 0 Å². The van der Waals surface area contributed by atoms with Crippen LogP contribution >= 0.6 is 11.3 Å². The van der Waals surface area contributed by atoms with Crippen LogP contribution in [0.15, 0.2) is 53.9 Å². The average Bonchev–Trinajstić information content (AvgIpc) is 3.27. The summed E-state index contributed by atoms with van der Waals surface area (Å²) in [4.78, 5) is 21.2. The lowest BCUT2D eigenvalue weighted by Gasteiger charge is -2.36. The summed E-state index contributed by atoms with van der Waals surface area (Å²) in [6.45, 7) is 2.62. The second-order valence-corrected chi connectivity index (χ2v) is 8.29. The molecule has 1 fully saturated rings. The van der Waals surface area contributed by atoms with Crippen LogP contribution in [-0.4, -0.2) is 49.1 Å². The van der Waals surface area contributed by atoms with Crippen molar-refractivity contribution in [1.29, 1.82) is 0 Å². The number of amides is 1. The van der Waals surface area contributed by atoms with E-state index >= 15 is 0 Å². The molecule has 0 N–H and O–H groups in total. The lowest BCUT2D eigenvalue weighted by Crippen LogP contribution is -2.49. The zero-order chi connectivity index (χ0) is 22.7. The highest BCUT2D eigenvalue weighted by molar-refractivity contribution is 7.13. The Morgan fingerprint density at radius 3 is 2.41 bits per heavy atom. The second kappa shape index (κ2) is 9.20. The van der Waals surface area contributed by atoms with Gasteiger partial charge in [0.05, 0.1) is 30.5 Å². The predicted molar refractivity (Wildman–Crippen MR) is 118 cm³/mol. The molecule has 0 atom stereocenters. The van der Waals surface area contributed by atoms with Gasteiger partial charge in [-0.1, -0.05) is 24.3 Å². The number of nitrogens with zero attached hydrogens (tertiary/aromatic N) is 3. The minimum absolute atomic E-state index is 0.00561. The van der Waals surface area contributed by atoms with E-state index in [2.05, 4.69) is 9.88 Å². The van der Waals surface area contributed by atoms with Crippen molar-refractivity contribution in [3.63, 3.8) is 0 Å². The topological polar surface area (TPSA) is 45.7 Å². The van der Waals surface area contributed by atoms with Gasteiger partial charge in [-0.25, -0.2) is 4.98 Å². The van der Waals surface area contributed by atoms with Gasteiger partial charge in [-0.2, -0.15) is 13.2 Å². The Morgan fingerprint density at radius 2 is 1.75 bits per heavy atom. The number of hydrogen-bond donors (Lipinski definition) is 0. The number of aromatic nitrogens is 1. The number of ether oxygens (including phenoxy) is 1. The molecule has 4 rings (SSSR count). The minimum Gasteiger partial charge on any atom is -0.495 e. The van der Waals surface area contributed by atoms with Gasteiger partial charge in [0.2, 0.25) is 5.91 Å². The summed E-state index contributed by atoms with van der Waals surface area (Å²) < 4.78 is 43.7. The summed E-state index contributed by atoms with van der Waals surface area (Å²) in [5.41, 5.74) is 1.55. The van der Waals surface area contributed by atoms with E-state index < -0.39 is 11.7 Å². The first-order valence-corrected chi connectivity index (χ1v) is 11.0. The fraction of sp³-hybridized carbons (Fsp3) is 0.304. The SMILES string of the molecule is COc1ccccc1N1CCN(C(=O)Cc2csc(-c3ccc(C(F)(F)F)cc3)n2)CC1. The maximum atomic E-state index is 12.8. The summed E-state index contributed by atoms with van der Waals surface area (Å²) >= 11 is 1.32. The zero-order valence-corrected chi connectivity index (χ0v) is 18.2.